The van der Waals surface area contributed by atoms with Gasteiger partial charge in [0.2, 0.25) is 5.91 Å². The van der Waals surface area contributed by atoms with Gasteiger partial charge in [0, 0.05) is 17.6 Å². The number of carbonyl (C=O) groups is 1. The predicted molar refractivity (Wildman–Crippen MR) is 90.3 cm³/mol. The lowest BCUT2D eigenvalue weighted by Crippen LogP contribution is -2.31. The Bertz CT molecular complexity index is 700. The Morgan fingerprint density at radius 1 is 1.23 bits per heavy atom. The van der Waals surface area contributed by atoms with Crippen molar-refractivity contribution in [3.8, 4) is 11.8 Å². The van der Waals surface area contributed by atoms with Crippen LogP contribution in [-0.4, -0.2) is 5.91 Å². The zero-order valence-corrected chi connectivity index (χ0v) is 13.1. The van der Waals surface area contributed by atoms with Crippen LogP contribution in [0.15, 0.2) is 47.7 Å². The quantitative estimate of drug-likeness (QED) is 0.588. The zero-order valence-electron chi connectivity index (χ0n) is 13.1. The van der Waals surface area contributed by atoms with Crippen LogP contribution in [0.25, 0.3) is 0 Å². The minimum atomic E-state index is 0.172. The molecule has 0 fully saturated rings. The normalized spacial score (nSPS) is 15.6. The minimum Gasteiger partial charge on any atom is -0.279 e. The van der Waals surface area contributed by atoms with Gasteiger partial charge in [0.15, 0.2) is 0 Å². The van der Waals surface area contributed by atoms with E-state index in [0.29, 0.717) is 6.42 Å². The number of para-hydroxylation sites is 1. The summed E-state index contributed by atoms with van der Waals surface area (Å²) in [5.41, 5.74) is 3.93. The van der Waals surface area contributed by atoms with Gasteiger partial charge in [-0.15, -0.1) is 0 Å². The lowest BCUT2D eigenvalue weighted by molar-refractivity contribution is -0.118. The fourth-order valence-corrected chi connectivity index (χ4v) is 2.94. The summed E-state index contributed by atoms with van der Waals surface area (Å²) in [5, 5.41) is 0. The van der Waals surface area contributed by atoms with Crippen LogP contribution >= 0.6 is 0 Å². The third-order valence-corrected chi connectivity index (χ3v) is 4.12. The van der Waals surface area contributed by atoms with Gasteiger partial charge in [-0.2, -0.15) is 0 Å². The van der Waals surface area contributed by atoms with Crippen LogP contribution < -0.4 is 4.90 Å². The van der Waals surface area contributed by atoms with Crippen LogP contribution in [0.4, 0.5) is 5.69 Å². The van der Waals surface area contributed by atoms with Gasteiger partial charge >= 0.3 is 0 Å². The molecule has 0 N–H and O–H groups in total. The van der Waals surface area contributed by atoms with Crippen molar-refractivity contribution in [2.24, 2.45) is 0 Å². The van der Waals surface area contributed by atoms with Crippen molar-refractivity contribution in [2.75, 3.05) is 4.90 Å². The van der Waals surface area contributed by atoms with Gasteiger partial charge in [0.25, 0.3) is 0 Å². The van der Waals surface area contributed by atoms with Crippen LogP contribution in [0, 0.1) is 11.8 Å². The van der Waals surface area contributed by atoms with Crippen LogP contribution in [0.5, 0.6) is 0 Å². The first kappa shape index (κ1) is 14.7. The van der Waals surface area contributed by atoms with Gasteiger partial charge in [0.05, 0.1) is 11.4 Å². The van der Waals surface area contributed by atoms with E-state index in [1.165, 1.54) is 0 Å². The molecule has 0 saturated carbocycles. The average Bonchev–Trinajstić information content (AvgIpc) is 2.72. The fourth-order valence-electron chi connectivity index (χ4n) is 2.94. The molecule has 1 amide bonds. The number of hydrogen-bond acceptors (Lipinski definition) is 1. The summed E-state index contributed by atoms with van der Waals surface area (Å²) in [7, 11) is 0. The maximum Gasteiger partial charge on any atom is 0.231 e. The Balaban J connectivity index is 2.00. The van der Waals surface area contributed by atoms with Crippen molar-refractivity contribution in [1.82, 2.24) is 0 Å². The van der Waals surface area contributed by atoms with E-state index < -0.39 is 0 Å². The molecule has 0 saturated heterocycles. The van der Waals surface area contributed by atoms with Crippen molar-refractivity contribution in [3.05, 3.63) is 53.3 Å². The third kappa shape index (κ3) is 2.85. The van der Waals surface area contributed by atoms with Crippen molar-refractivity contribution in [1.29, 1.82) is 0 Å². The molecule has 0 radical (unpaired) electrons. The van der Waals surface area contributed by atoms with E-state index >= 15 is 0 Å². The van der Waals surface area contributed by atoms with E-state index in [-0.39, 0.29) is 5.91 Å². The van der Waals surface area contributed by atoms with Crippen LogP contribution in [0.3, 0.4) is 0 Å². The second-order valence-electron chi connectivity index (χ2n) is 5.76. The Hall–Kier alpha value is -2.27. The van der Waals surface area contributed by atoms with Gasteiger partial charge < -0.3 is 0 Å². The van der Waals surface area contributed by atoms with Gasteiger partial charge in [-0.25, -0.2) is 0 Å². The Kier molecular flexibility index (Phi) is 4.44. The molecule has 22 heavy (non-hydrogen) atoms. The maximum absolute atomic E-state index is 12.8. The molecule has 0 spiro atoms. The Labute approximate surface area is 132 Å². The number of unbranched alkanes of at least 4 members (excludes halogenated alkanes) is 2. The molecule has 2 aliphatic rings. The summed E-state index contributed by atoms with van der Waals surface area (Å²) in [6.07, 6.45) is 9.88. The average molecular weight is 291 g/mol. The summed E-state index contributed by atoms with van der Waals surface area (Å²) >= 11 is 0. The molecule has 2 heteroatoms. The number of rotatable bonds is 4. The lowest BCUT2D eigenvalue weighted by atomic mass is 10.0. The van der Waals surface area contributed by atoms with Crippen molar-refractivity contribution in [2.45, 2.75) is 45.4 Å². The molecular formula is C20H21NO. The Morgan fingerprint density at radius 2 is 2.09 bits per heavy atom. The smallest absolute Gasteiger partial charge is 0.231 e. The zero-order chi connectivity index (χ0) is 15.4. The van der Waals surface area contributed by atoms with E-state index in [2.05, 4.69) is 30.9 Å². The summed E-state index contributed by atoms with van der Waals surface area (Å²) in [6, 6.07) is 7.95. The number of benzene rings is 1. The van der Waals surface area contributed by atoms with Gasteiger partial charge in [0.1, 0.15) is 0 Å². The number of allylic oxidation sites excluding steroid dienone is 3. The summed E-state index contributed by atoms with van der Waals surface area (Å²) in [6.45, 7) is 2.16. The highest BCUT2D eigenvalue weighted by molar-refractivity contribution is 5.99. The largest absolute Gasteiger partial charge is 0.279 e. The van der Waals surface area contributed by atoms with E-state index in [1.807, 2.05) is 29.2 Å². The van der Waals surface area contributed by atoms with Crippen molar-refractivity contribution >= 4 is 11.6 Å². The molecule has 112 valence electrons. The number of carbonyl (C=O) groups excluding carboxylic acids is 1. The molecule has 0 atom stereocenters. The molecule has 1 heterocycles. The van der Waals surface area contributed by atoms with E-state index in [0.717, 1.165) is 54.6 Å². The number of amides is 1. The molecule has 1 aromatic rings. The maximum atomic E-state index is 12.8. The Morgan fingerprint density at radius 3 is 2.95 bits per heavy atom. The van der Waals surface area contributed by atoms with Crippen molar-refractivity contribution < 1.29 is 4.79 Å². The van der Waals surface area contributed by atoms with E-state index in [4.69, 9.17) is 0 Å². The summed E-state index contributed by atoms with van der Waals surface area (Å²) in [5.74, 6) is 6.69. The second kappa shape index (κ2) is 6.66. The highest BCUT2D eigenvalue weighted by atomic mass is 16.2. The predicted octanol–water partition coefficient (Wildman–Crippen LogP) is 4.57. The van der Waals surface area contributed by atoms with E-state index in [1.54, 1.807) is 0 Å². The van der Waals surface area contributed by atoms with Crippen molar-refractivity contribution in [3.63, 3.8) is 0 Å². The summed E-state index contributed by atoms with van der Waals surface area (Å²) < 4.78 is 0. The molecule has 2 nitrogen and oxygen atoms in total. The molecule has 0 aromatic heterocycles. The molecule has 1 aliphatic heterocycles. The highest BCUT2D eigenvalue weighted by Gasteiger charge is 2.25. The van der Waals surface area contributed by atoms with Crippen LogP contribution in [0.1, 0.15) is 51.0 Å². The molecule has 0 unspecified atom stereocenters. The molecule has 1 aromatic carbocycles. The molecular weight excluding hydrogens is 270 g/mol. The first-order chi connectivity index (χ1) is 10.8. The van der Waals surface area contributed by atoms with Crippen LogP contribution in [-0.2, 0) is 4.79 Å². The number of nitrogens with zero attached hydrogens (tertiary/aromatic N) is 1. The summed E-state index contributed by atoms with van der Waals surface area (Å²) in [4.78, 5) is 14.7. The van der Waals surface area contributed by atoms with Crippen LogP contribution in [0.2, 0.25) is 0 Å². The van der Waals surface area contributed by atoms with Gasteiger partial charge in [-0.3, -0.25) is 9.69 Å². The van der Waals surface area contributed by atoms with E-state index in [9.17, 15) is 4.79 Å². The van der Waals surface area contributed by atoms with Gasteiger partial charge in [-0.05, 0) is 37.5 Å². The molecule has 1 aliphatic carbocycles. The number of fused-ring (bicyclic) bond motifs is 1. The monoisotopic (exact) mass is 291 g/mol. The van der Waals surface area contributed by atoms with Gasteiger partial charge in [-0.1, -0.05) is 49.8 Å². The second-order valence-corrected chi connectivity index (χ2v) is 5.76. The number of hydrogen-bond donors (Lipinski definition) is 0. The SMILES string of the molecule is CCCCCC(=O)N1C2=C(C#Cc3ccccc31)CCC=C2. The first-order valence-corrected chi connectivity index (χ1v) is 8.15. The molecule has 3 rings (SSSR count). The highest BCUT2D eigenvalue weighted by Crippen LogP contribution is 2.32. The molecule has 0 bridgehead atoms. The first-order valence-electron chi connectivity index (χ1n) is 8.15. The minimum absolute atomic E-state index is 0.172. The third-order valence-electron chi connectivity index (χ3n) is 4.12. The lowest BCUT2D eigenvalue weighted by Gasteiger charge is -2.27. The standard InChI is InChI=1S/C20H21NO/c1-2-3-4-13-20(22)21-18-11-7-5-9-16(18)14-15-17-10-6-8-12-19(17)21/h5,7-9,11-12H,2-4,6,10,13H2,1H3. The number of anilines is 1. The fraction of sp³-hybridized carbons (Fsp3) is 0.350. The topological polar surface area (TPSA) is 20.3 Å².